The van der Waals surface area contributed by atoms with Crippen LogP contribution in [0.2, 0.25) is 0 Å². The molecule has 0 aliphatic heterocycles. The number of fused-ring (bicyclic) bond motifs is 1. The van der Waals surface area contributed by atoms with Gasteiger partial charge >= 0.3 is 5.97 Å². The molecule has 2 aromatic heterocycles. The van der Waals surface area contributed by atoms with E-state index in [2.05, 4.69) is 4.98 Å². The van der Waals surface area contributed by atoms with E-state index in [9.17, 15) is 4.79 Å². The molecular weight excluding hydrogens is 314 g/mol. The van der Waals surface area contributed by atoms with Crippen molar-refractivity contribution in [3.05, 3.63) is 60.4 Å². The zero-order valence-electron chi connectivity index (χ0n) is 14.8. The Balaban J connectivity index is 1.78. The van der Waals surface area contributed by atoms with Crippen LogP contribution >= 0.6 is 0 Å². The van der Waals surface area contributed by atoms with Gasteiger partial charge in [-0.2, -0.15) is 0 Å². The minimum absolute atomic E-state index is 0.268. The van der Waals surface area contributed by atoms with E-state index in [-0.39, 0.29) is 18.4 Å². The summed E-state index contributed by atoms with van der Waals surface area (Å²) in [5, 5.41) is 0. The van der Waals surface area contributed by atoms with Gasteiger partial charge in [0.25, 0.3) is 0 Å². The molecule has 1 aromatic carbocycles. The van der Waals surface area contributed by atoms with Crippen molar-refractivity contribution >= 4 is 11.6 Å². The molecule has 0 bridgehead atoms. The third-order valence-electron chi connectivity index (χ3n) is 4.29. The Hall–Kier alpha value is -2.66. The molecule has 0 saturated heterocycles. The summed E-state index contributed by atoms with van der Waals surface area (Å²) in [5.41, 5.74) is 8.70. The number of carbonyl (C=O) groups is 1. The lowest BCUT2D eigenvalue weighted by Gasteiger charge is -2.25. The number of hydrogen-bond acceptors (Lipinski definition) is 4. The molecule has 5 nitrogen and oxygen atoms in total. The van der Waals surface area contributed by atoms with Gasteiger partial charge in [0, 0.05) is 24.5 Å². The number of ether oxygens (including phenoxy) is 1. The summed E-state index contributed by atoms with van der Waals surface area (Å²) < 4.78 is 7.46. The number of rotatable bonds is 5. The van der Waals surface area contributed by atoms with Gasteiger partial charge in [0.05, 0.1) is 11.6 Å². The Kier molecular flexibility index (Phi) is 4.59. The third-order valence-corrected chi connectivity index (χ3v) is 4.29. The summed E-state index contributed by atoms with van der Waals surface area (Å²) in [5.74, 6) is -0.614. The van der Waals surface area contributed by atoms with E-state index in [1.165, 1.54) is 0 Å². The van der Waals surface area contributed by atoms with Crippen molar-refractivity contribution in [1.29, 1.82) is 0 Å². The lowest BCUT2D eigenvalue weighted by molar-refractivity contribution is -0.157. The molecule has 0 amide bonds. The summed E-state index contributed by atoms with van der Waals surface area (Å²) in [6.07, 6.45) is 3.96. The fourth-order valence-electron chi connectivity index (χ4n) is 2.55. The first-order chi connectivity index (χ1) is 11.9. The highest BCUT2D eigenvalue weighted by molar-refractivity contribution is 5.78. The molecule has 2 heterocycles. The van der Waals surface area contributed by atoms with E-state index in [1.807, 2.05) is 80.0 Å². The van der Waals surface area contributed by atoms with Crippen molar-refractivity contribution in [2.45, 2.75) is 32.3 Å². The second kappa shape index (κ2) is 6.69. The van der Waals surface area contributed by atoms with Gasteiger partial charge in [-0.25, -0.2) is 4.98 Å². The van der Waals surface area contributed by atoms with Crippen molar-refractivity contribution < 1.29 is 9.53 Å². The van der Waals surface area contributed by atoms with Gasteiger partial charge in [-0.1, -0.05) is 30.3 Å². The highest BCUT2D eigenvalue weighted by Gasteiger charge is 2.25. The summed E-state index contributed by atoms with van der Waals surface area (Å²) in [7, 11) is 0. The highest BCUT2D eigenvalue weighted by atomic mass is 16.6. The Morgan fingerprint density at radius 1 is 1.24 bits per heavy atom. The first kappa shape index (κ1) is 17.2. The van der Waals surface area contributed by atoms with Crippen LogP contribution in [0.15, 0.2) is 54.9 Å². The minimum atomic E-state index is -0.651. The summed E-state index contributed by atoms with van der Waals surface area (Å²) in [6.45, 7) is 5.75. The predicted octanol–water partition coefficient (Wildman–Crippen LogP) is 3.39. The molecule has 130 valence electrons. The van der Waals surface area contributed by atoms with Crippen LogP contribution in [0.3, 0.4) is 0 Å². The van der Waals surface area contributed by atoms with Gasteiger partial charge < -0.3 is 14.9 Å². The SMILES string of the molecule is CC(C(=O)OC(C)(C)CN)c1ccc(-c2cn3ccccc3n2)cc1. The zero-order chi connectivity index (χ0) is 18.0. The molecule has 0 fully saturated rings. The Morgan fingerprint density at radius 2 is 1.96 bits per heavy atom. The molecule has 1 unspecified atom stereocenters. The number of hydrogen-bond donors (Lipinski definition) is 1. The first-order valence-corrected chi connectivity index (χ1v) is 8.36. The molecular formula is C20H23N3O2. The second-order valence-electron chi connectivity index (χ2n) is 6.82. The summed E-state index contributed by atoms with van der Waals surface area (Å²) in [4.78, 5) is 16.9. The Bertz CT molecular complexity index is 848. The van der Waals surface area contributed by atoms with E-state index in [1.54, 1.807) is 0 Å². The van der Waals surface area contributed by atoms with Gasteiger partial charge in [-0.15, -0.1) is 0 Å². The van der Waals surface area contributed by atoms with Crippen LogP contribution in [0.4, 0.5) is 0 Å². The molecule has 2 N–H and O–H groups in total. The quantitative estimate of drug-likeness (QED) is 0.725. The lowest BCUT2D eigenvalue weighted by Crippen LogP contribution is -2.37. The third kappa shape index (κ3) is 3.72. The van der Waals surface area contributed by atoms with Crippen molar-refractivity contribution in [2.24, 2.45) is 5.73 Å². The standard InChI is InChI=1S/C20H23N3O2/c1-14(19(24)25-20(2,3)13-21)15-7-9-16(10-8-15)17-12-23-11-5-4-6-18(23)22-17/h4-12,14H,13,21H2,1-3H3. The maximum Gasteiger partial charge on any atom is 0.313 e. The molecule has 5 heteroatoms. The van der Waals surface area contributed by atoms with E-state index in [4.69, 9.17) is 10.5 Å². The average molecular weight is 337 g/mol. The number of imidazole rings is 1. The van der Waals surface area contributed by atoms with Gasteiger partial charge in [0.2, 0.25) is 0 Å². The normalized spacial score (nSPS) is 13.0. The van der Waals surface area contributed by atoms with Gasteiger partial charge in [0.1, 0.15) is 11.2 Å². The summed E-state index contributed by atoms with van der Waals surface area (Å²) >= 11 is 0. The number of pyridine rings is 1. The second-order valence-corrected chi connectivity index (χ2v) is 6.82. The minimum Gasteiger partial charge on any atom is -0.458 e. The van der Waals surface area contributed by atoms with Crippen LogP contribution in [0.5, 0.6) is 0 Å². The van der Waals surface area contributed by atoms with E-state index in [0.29, 0.717) is 0 Å². The van der Waals surface area contributed by atoms with E-state index in [0.717, 1.165) is 22.5 Å². The number of esters is 1. The van der Waals surface area contributed by atoms with Crippen LogP contribution in [-0.4, -0.2) is 27.5 Å². The van der Waals surface area contributed by atoms with Crippen LogP contribution < -0.4 is 5.73 Å². The molecule has 3 aromatic rings. The van der Waals surface area contributed by atoms with Crippen LogP contribution in [0, 0.1) is 0 Å². The lowest BCUT2D eigenvalue weighted by atomic mass is 9.99. The largest absolute Gasteiger partial charge is 0.458 e. The van der Waals surface area contributed by atoms with Crippen molar-refractivity contribution in [3.63, 3.8) is 0 Å². The molecule has 0 saturated carbocycles. The van der Waals surface area contributed by atoms with Crippen molar-refractivity contribution in [1.82, 2.24) is 9.38 Å². The topological polar surface area (TPSA) is 69.6 Å². The van der Waals surface area contributed by atoms with E-state index < -0.39 is 5.60 Å². The molecule has 0 radical (unpaired) electrons. The zero-order valence-corrected chi connectivity index (χ0v) is 14.8. The maximum atomic E-state index is 12.3. The van der Waals surface area contributed by atoms with Crippen LogP contribution in [-0.2, 0) is 9.53 Å². The number of nitrogens with zero attached hydrogens (tertiary/aromatic N) is 2. The average Bonchev–Trinajstić information content (AvgIpc) is 3.05. The number of aromatic nitrogens is 2. The molecule has 0 aliphatic carbocycles. The summed E-state index contributed by atoms with van der Waals surface area (Å²) in [6, 6.07) is 13.8. The van der Waals surface area contributed by atoms with Gasteiger partial charge in [0.15, 0.2) is 0 Å². The first-order valence-electron chi connectivity index (χ1n) is 8.36. The monoisotopic (exact) mass is 337 g/mol. The fourth-order valence-corrected chi connectivity index (χ4v) is 2.55. The number of nitrogens with two attached hydrogens (primary N) is 1. The molecule has 0 aliphatic rings. The number of carbonyl (C=O) groups excluding carboxylic acids is 1. The van der Waals surface area contributed by atoms with Crippen LogP contribution in [0.25, 0.3) is 16.9 Å². The van der Waals surface area contributed by atoms with Crippen molar-refractivity contribution in [2.75, 3.05) is 6.54 Å². The van der Waals surface area contributed by atoms with Crippen molar-refractivity contribution in [3.8, 4) is 11.3 Å². The molecule has 25 heavy (non-hydrogen) atoms. The fraction of sp³-hybridized carbons (Fsp3) is 0.300. The smallest absolute Gasteiger partial charge is 0.313 e. The molecule has 1 atom stereocenters. The van der Waals surface area contributed by atoms with Gasteiger partial charge in [-0.05, 0) is 38.5 Å². The van der Waals surface area contributed by atoms with Crippen LogP contribution in [0.1, 0.15) is 32.3 Å². The van der Waals surface area contributed by atoms with E-state index >= 15 is 0 Å². The Morgan fingerprint density at radius 3 is 2.60 bits per heavy atom. The maximum absolute atomic E-state index is 12.3. The Labute approximate surface area is 147 Å². The van der Waals surface area contributed by atoms with Gasteiger partial charge in [-0.3, -0.25) is 4.79 Å². The predicted molar refractivity (Wildman–Crippen MR) is 98.3 cm³/mol. The number of benzene rings is 1. The highest BCUT2D eigenvalue weighted by Crippen LogP contribution is 2.24. The molecule has 0 spiro atoms. The molecule has 3 rings (SSSR count).